The van der Waals surface area contributed by atoms with Gasteiger partial charge in [0.1, 0.15) is 11.4 Å². The van der Waals surface area contributed by atoms with Crippen molar-refractivity contribution in [1.82, 2.24) is 9.88 Å². The zero-order valence-corrected chi connectivity index (χ0v) is 19.8. The Balaban J connectivity index is 1.43. The first-order chi connectivity index (χ1) is 16.0. The van der Waals surface area contributed by atoms with Gasteiger partial charge in [-0.3, -0.25) is 4.90 Å². The molecule has 2 heterocycles. The highest BCUT2D eigenvalue weighted by Crippen LogP contribution is 2.27. The molecule has 1 saturated heterocycles. The van der Waals surface area contributed by atoms with Crippen molar-refractivity contribution in [2.75, 3.05) is 24.5 Å². The van der Waals surface area contributed by atoms with Crippen LogP contribution >= 0.6 is 0 Å². The second-order valence-corrected chi connectivity index (χ2v) is 8.84. The van der Waals surface area contributed by atoms with Crippen molar-refractivity contribution in [2.45, 2.75) is 45.9 Å². The van der Waals surface area contributed by atoms with E-state index < -0.39 is 0 Å². The summed E-state index contributed by atoms with van der Waals surface area (Å²) in [6, 6.07) is 23.4. The number of anilines is 1. The summed E-state index contributed by atoms with van der Waals surface area (Å²) < 4.78 is 5.44. The van der Waals surface area contributed by atoms with E-state index in [0.29, 0.717) is 11.6 Å². The first-order valence-electron chi connectivity index (χ1n) is 11.8. The molecule has 1 aliphatic heterocycles. The third-order valence-electron chi connectivity index (χ3n) is 6.18. The third-order valence-corrected chi connectivity index (χ3v) is 6.18. The highest BCUT2D eigenvalue weighted by molar-refractivity contribution is 5.95. The molecule has 5 heteroatoms. The van der Waals surface area contributed by atoms with Gasteiger partial charge < -0.3 is 9.64 Å². The Hall–Kier alpha value is -3.18. The average molecular weight is 444 g/mol. The molecule has 1 aliphatic rings. The monoisotopic (exact) mass is 443 g/mol. The van der Waals surface area contributed by atoms with Gasteiger partial charge in [0.05, 0.1) is 6.10 Å². The van der Waals surface area contributed by atoms with Gasteiger partial charge in [0.2, 0.25) is 0 Å². The van der Waals surface area contributed by atoms with Crippen LogP contribution in [0.3, 0.4) is 0 Å². The van der Waals surface area contributed by atoms with Crippen LogP contribution in [0.2, 0.25) is 0 Å². The van der Waals surface area contributed by atoms with Gasteiger partial charge in [0.25, 0.3) is 0 Å². The lowest BCUT2D eigenvalue weighted by molar-refractivity contribution is 0.0378. The average Bonchev–Trinajstić information content (AvgIpc) is 3.33. The molecule has 4 rings (SSSR count). The first kappa shape index (κ1) is 23.0. The van der Waals surface area contributed by atoms with Crippen LogP contribution in [0.5, 0.6) is 0 Å². The molecule has 0 radical (unpaired) electrons. The molecule has 1 atom stereocenters. The first-order valence-corrected chi connectivity index (χ1v) is 11.8. The van der Waals surface area contributed by atoms with Gasteiger partial charge in [-0.05, 0) is 55.6 Å². The number of hydrogen-bond donors (Lipinski definition) is 0. The SMILES string of the molecule is CCN(Cc1ccc(-c2ccccc2)cc1)C1CCN(c2ncccc2C(=O)OC(C)C)C1. The number of esters is 1. The van der Waals surface area contributed by atoms with E-state index in [1.165, 1.54) is 16.7 Å². The lowest BCUT2D eigenvalue weighted by atomic mass is 10.0. The molecule has 1 aromatic heterocycles. The van der Waals surface area contributed by atoms with Crippen LogP contribution < -0.4 is 4.90 Å². The van der Waals surface area contributed by atoms with Crippen LogP contribution in [0.1, 0.15) is 43.1 Å². The summed E-state index contributed by atoms with van der Waals surface area (Å²) in [6.07, 6.45) is 2.65. The Bertz CT molecular complexity index is 1050. The fraction of sp³-hybridized carbons (Fsp3) is 0.357. The molecule has 0 spiro atoms. The number of pyridine rings is 1. The minimum absolute atomic E-state index is 0.152. The van der Waals surface area contributed by atoms with Crippen molar-refractivity contribution in [3.8, 4) is 11.1 Å². The minimum Gasteiger partial charge on any atom is -0.459 e. The molecule has 5 nitrogen and oxygen atoms in total. The van der Waals surface area contributed by atoms with E-state index in [-0.39, 0.29) is 12.1 Å². The number of benzene rings is 2. The topological polar surface area (TPSA) is 45.7 Å². The molecule has 1 unspecified atom stereocenters. The number of rotatable bonds is 8. The minimum atomic E-state index is -0.303. The Morgan fingerprint density at radius 2 is 1.79 bits per heavy atom. The van der Waals surface area contributed by atoms with Crippen molar-refractivity contribution in [2.24, 2.45) is 0 Å². The second kappa shape index (κ2) is 10.6. The number of carbonyl (C=O) groups is 1. The number of hydrogen-bond acceptors (Lipinski definition) is 5. The number of likely N-dealkylation sites (N-methyl/N-ethyl adjacent to an activating group) is 1. The fourth-order valence-corrected chi connectivity index (χ4v) is 4.48. The van der Waals surface area contributed by atoms with Crippen molar-refractivity contribution in [3.05, 3.63) is 84.1 Å². The van der Waals surface area contributed by atoms with Crippen molar-refractivity contribution in [1.29, 1.82) is 0 Å². The highest BCUT2D eigenvalue weighted by atomic mass is 16.5. The van der Waals surface area contributed by atoms with Crippen LogP contribution in [0.4, 0.5) is 5.82 Å². The lowest BCUT2D eigenvalue weighted by Crippen LogP contribution is -2.37. The zero-order valence-electron chi connectivity index (χ0n) is 19.8. The van der Waals surface area contributed by atoms with Crippen LogP contribution in [0.25, 0.3) is 11.1 Å². The number of carbonyl (C=O) groups excluding carboxylic acids is 1. The van der Waals surface area contributed by atoms with E-state index in [2.05, 4.69) is 70.2 Å². The Morgan fingerprint density at radius 1 is 1.06 bits per heavy atom. The van der Waals surface area contributed by atoms with Crippen molar-refractivity contribution >= 4 is 11.8 Å². The lowest BCUT2D eigenvalue weighted by Gasteiger charge is -2.28. The smallest absolute Gasteiger partial charge is 0.342 e. The highest BCUT2D eigenvalue weighted by Gasteiger charge is 2.30. The number of ether oxygens (including phenoxy) is 1. The third kappa shape index (κ3) is 5.60. The molecule has 0 N–H and O–H groups in total. The van der Waals surface area contributed by atoms with Gasteiger partial charge in [-0.25, -0.2) is 9.78 Å². The molecule has 0 bridgehead atoms. The maximum absolute atomic E-state index is 12.6. The Labute approximate surface area is 197 Å². The molecule has 2 aromatic carbocycles. The standard InChI is InChI=1S/C28H33N3O2/c1-4-30(19-22-12-14-24(15-13-22)23-9-6-5-7-10-23)25-16-18-31(20-25)27-26(11-8-17-29-27)28(32)33-21(2)3/h5-15,17,21,25H,4,16,18-20H2,1-3H3. The van der Waals surface area contributed by atoms with E-state index in [0.717, 1.165) is 38.4 Å². The molecule has 0 aliphatic carbocycles. The molecule has 3 aromatic rings. The maximum atomic E-state index is 12.6. The molecular formula is C28H33N3O2. The van der Waals surface area contributed by atoms with Crippen molar-refractivity contribution < 1.29 is 9.53 Å². The summed E-state index contributed by atoms with van der Waals surface area (Å²) in [5.41, 5.74) is 4.34. The van der Waals surface area contributed by atoms with Gasteiger partial charge in [0, 0.05) is 31.9 Å². The molecular weight excluding hydrogens is 410 g/mol. The molecule has 1 fully saturated rings. The van der Waals surface area contributed by atoms with E-state index in [1.54, 1.807) is 12.3 Å². The van der Waals surface area contributed by atoms with Gasteiger partial charge in [-0.2, -0.15) is 0 Å². The maximum Gasteiger partial charge on any atom is 0.342 e. The van der Waals surface area contributed by atoms with Crippen LogP contribution in [0.15, 0.2) is 72.9 Å². The molecule has 0 saturated carbocycles. The van der Waals surface area contributed by atoms with E-state index in [1.807, 2.05) is 26.0 Å². The molecule has 172 valence electrons. The zero-order chi connectivity index (χ0) is 23.2. The normalized spacial score (nSPS) is 15.9. The summed E-state index contributed by atoms with van der Waals surface area (Å²) >= 11 is 0. The second-order valence-electron chi connectivity index (χ2n) is 8.84. The summed E-state index contributed by atoms with van der Waals surface area (Å²) in [4.78, 5) is 21.9. The summed E-state index contributed by atoms with van der Waals surface area (Å²) in [7, 11) is 0. The fourth-order valence-electron chi connectivity index (χ4n) is 4.48. The van der Waals surface area contributed by atoms with Gasteiger partial charge in [0.15, 0.2) is 0 Å². The van der Waals surface area contributed by atoms with Crippen LogP contribution in [0, 0.1) is 0 Å². The quantitative estimate of drug-likeness (QED) is 0.435. The number of nitrogens with zero attached hydrogens (tertiary/aromatic N) is 3. The van der Waals surface area contributed by atoms with Gasteiger partial charge in [-0.15, -0.1) is 0 Å². The van der Waals surface area contributed by atoms with Gasteiger partial charge in [-0.1, -0.05) is 61.5 Å². The van der Waals surface area contributed by atoms with E-state index in [9.17, 15) is 4.79 Å². The Morgan fingerprint density at radius 3 is 2.48 bits per heavy atom. The predicted molar refractivity (Wildman–Crippen MR) is 133 cm³/mol. The molecule has 0 amide bonds. The molecule has 33 heavy (non-hydrogen) atoms. The largest absolute Gasteiger partial charge is 0.459 e. The van der Waals surface area contributed by atoms with E-state index >= 15 is 0 Å². The summed E-state index contributed by atoms with van der Waals surface area (Å²) in [5, 5.41) is 0. The number of aromatic nitrogens is 1. The predicted octanol–water partition coefficient (Wildman–Crippen LogP) is 5.41. The van der Waals surface area contributed by atoms with E-state index in [4.69, 9.17) is 4.74 Å². The van der Waals surface area contributed by atoms with Crippen LogP contribution in [-0.4, -0.2) is 47.6 Å². The van der Waals surface area contributed by atoms with Crippen LogP contribution in [-0.2, 0) is 11.3 Å². The summed E-state index contributed by atoms with van der Waals surface area (Å²) in [5.74, 6) is 0.427. The van der Waals surface area contributed by atoms with Crippen molar-refractivity contribution in [3.63, 3.8) is 0 Å². The Kier molecular flexibility index (Phi) is 7.40. The van der Waals surface area contributed by atoms with Gasteiger partial charge >= 0.3 is 5.97 Å². The summed E-state index contributed by atoms with van der Waals surface area (Å²) in [6.45, 7) is 9.57.